The van der Waals surface area contributed by atoms with Crippen molar-refractivity contribution in [1.82, 2.24) is 14.8 Å². The maximum atomic E-state index is 9.72. The zero-order chi connectivity index (χ0) is 19.3. The third-order valence-electron chi connectivity index (χ3n) is 5.12. The highest BCUT2D eigenvalue weighted by Gasteiger charge is 2.27. The summed E-state index contributed by atoms with van der Waals surface area (Å²) >= 11 is 7.95. The fourth-order valence-corrected chi connectivity index (χ4v) is 4.98. The first kappa shape index (κ1) is 19.0. The average molecular weight is 409 g/mol. The molecule has 0 bridgehead atoms. The second-order valence-electron chi connectivity index (χ2n) is 7.02. The first-order chi connectivity index (χ1) is 13.8. The third kappa shape index (κ3) is 4.09. The molecule has 1 saturated carbocycles. The Balaban J connectivity index is 1.67. The summed E-state index contributed by atoms with van der Waals surface area (Å²) < 4.78 is 2.22. The van der Waals surface area contributed by atoms with Crippen LogP contribution in [-0.4, -0.2) is 20.0 Å². The molecule has 4 rings (SSSR count). The van der Waals surface area contributed by atoms with Crippen molar-refractivity contribution in [2.75, 3.05) is 0 Å². The number of nitriles is 1. The van der Waals surface area contributed by atoms with Gasteiger partial charge in [0.2, 0.25) is 0 Å². The predicted octanol–water partition coefficient (Wildman–Crippen LogP) is 5.94. The summed E-state index contributed by atoms with van der Waals surface area (Å²) in [5.74, 6) is 0.802. The van der Waals surface area contributed by atoms with Crippen LogP contribution in [0, 0.1) is 11.3 Å². The fourth-order valence-electron chi connectivity index (χ4n) is 3.74. The molecule has 0 aliphatic heterocycles. The van der Waals surface area contributed by atoms with Gasteiger partial charge in [-0.15, -0.1) is 10.2 Å². The monoisotopic (exact) mass is 408 g/mol. The van der Waals surface area contributed by atoms with E-state index in [1.165, 1.54) is 24.6 Å². The van der Waals surface area contributed by atoms with E-state index in [9.17, 15) is 5.26 Å². The Labute approximate surface area is 174 Å². The second kappa shape index (κ2) is 8.81. The zero-order valence-electron chi connectivity index (χ0n) is 15.5. The van der Waals surface area contributed by atoms with E-state index in [0.717, 1.165) is 34.9 Å². The van der Waals surface area contributed by atoms with Gasteiger partial charge in [-0.25, -0.2) is 0 Å². The maximum Gasteiger partial charge on any atom is 0.193 e. The van der Waals surface area contributed by atoms with Crippen LogP contribution in [0.25, 0.3) is 11.4 Å². The van der Waals surface area contributed by atoms with E-state index in [2.05, 4.69) is 33.0 Å². The summed E-state index contributed by atoms with van der Waals surface area (Å²) in [5, 5.41) is 19.9. The molecule has 28 heavy (non-hydrogen) atoms. The molecule has 2 aromatic carbocycles. The Morgan fingerprint density at radius 3 is 2.50 bits per heavy atom. The molecule has 0 N–H and O–H groups in total. The molecule has 6 heteroatoms. The van der Waals surface area contributed by atoms with Crippen LogP contribution in [0.2, 0.25) is 5.02 Å². The van der Waals surface area contributed by atoms with Gasteiger partial charge in [-0.2, -0.15) is 5.26 Å². The SMILES string of the molecule is N#C[C@@H](Cc1ccccc1)Sc1nnc(-c2ccccc2Cl)n1C1CCCC1. The summed E-state index contributed by atoms with van der Waals surface area (Å²) in [6, 6.07) is 20.7. The molecule has 1 aliphatic carbocycles. The van der Waals surface area contributed by atoms with E-state index in [-0.39, 0.29) is 5.25 Å². The highest BCUT2D eigenvalue weighted by Crippen LogP contribution is 2.39. The van der Waals surface area contributed by atoms with E-state index in [0.29, 0.717) is 17.5 Å². The molecule has 3 aromatic rings. The molecule has 4 nitrogen and oxygen atoms in total. The van der Waals surface area contributed by atoms with Gasteiger partial charge < -0.3 is 0 Å². The zero-order valence-corrected chi connectivity index (χ0v) is 17.0. The van der Waals surface area contributed by atoms with Crippen molar-refractivity contribution in [3.63, 3.8) is 0 Å². The number of hydrogen-bond donors (Lipinski definition) is 0. The number of hydrogen-bond acceptors (Lipinski definition) is 4. The van der Waals surface area contributed by atoms with Gasteiger partial charge in [0.25, 0.3) is 0 Å². The molecule has 0 saturated heterocycles. The number of thioether (sulfide) groups is 1. The van der Waals surface area contributed by atoms with Gasteiger partial charge in [0.1, 0.15) is 5.25 Å². The lowest BCUT2D eigenvalue weighted by molar-refractivity contribution is 0.485. The molecule has 0 spiro atoms. The Kier molecular flexibility index (Phi) is 5.99. The van der Waals surface area contributed by atoms with Crippen molar-refractivity contribution >= 4 is 23.4 Å². The number of aromatic nitrogens is 3. The molecule has 1 heterocycles. The van der Waals surface area contributed by atoms with Crippen LogP contribution in [0.1, 0.15) is 37.3 Å². The van der Waals surface area contributed by atoms with Crippen molar-refractivity contribution in [3.8, 4) is 17.5 Å². The highest BCUT2D eigenvalue weighted by molar-refractivity contribution is 8.00. The second-order valence-corrected chi connectivity index (χ2v) is 8.60. The largest absolute Gasteiger partial charge is 0.299 e. The van der Waals surface area contributed by atoms with Crippen LogP contribution >= 0.6 is 23.4 Å². The predicted molar refractivity (Wildman–Crippen MR) is 113 cm³/mol. The van der Waals surface area contributed by atoms with Crippen molar-refractivity contribution in [3.05, 3.63) is 65.2 Å². The smallest absolute Gasteiger partial charge is 0.193 e. The third-order valence-corrected chi connectivity index (χ3v) is 6.50. The molecule has 1 atom stereocenters. The molecule has 1 aliphatic rings. The van der Waals surface area contributed by atoms with Crippen molar-refractivity contribution in [2.45, 2.75) is 48.6 Å². The van der Waals surface area contributed by atoms with Crippen LogP contribution in [0.4, 0.5) is 0 Å². The normalized spacial score (nSPS) is 15.4. The van der Waals surface area contributed by atoms with Gasteiger partial charge >= 0.3 is 0 Å². The minimum Gasteiger partial charge on any atom is -0.299 e. The Hall–Kier alpha value is -2.29. The lowest BCUT2D eigenvalue weighted by Crippen LogP contribution is -2.11. The summed E-state index contributed by atoms with van der Waals surface area (Å²) in [7, 11) is 0. The summed E-state index contributed by atoms with van der Waals surface area (Å²) in [6.45, 7) is 0. The van der Waals surface area contributed by atoms with Crippen LogP contribution in [0.5, 0.6) is 0 Å². The van der Waals surface area contributed by atoms with Gasteiger partial charge in [0.15, 0.2) is 11.0 Å². The molecular weight excluding hydrogens is 388 g/mol. The van der Waals surface area contributed by atoms with Crippen LogP contribution in [0.15, 0.2) is 59.8 Å². The van der Waals surface area contributed by atoms with Crippen LogP contribution in [-0.2, 0) is 6.42 Å². The van der Waals surface area contributed by atoms with Gasteiger partial charge in [-0.1, -0.05) is 78.7 Å². The standard InChI is InChI=1S/C22H21ClN4S/c23-20-13-7-6-12-19(20)21-25-26-22(27(21)17-10-4-5-11-17)28-18(15-24)14-16-8-2-1-3-9-16/h1-3,6-9,12-13,17-18H,4-5,10-11,14H2/t18-/m1/s1. The number of halogens is 1. The van der Waals surface area contributed by atoms with Gasteiger partial charge in [0, 0.05) is 11.6 Å². The molecule has 1 aromatic heterocycles. The van der Waals surface area contributed by atoms with E-state index in [1.54, 1.807) is 0 Å². The minimum absolute atomic E-state index is 0.217. The Bertz CT molecular complexity index is 974. The Morgan fingerprint density at radius 2 is 1.79 bits per heavy atom. The van der Waals surface area contributed by atoms with E-state index >= 15 is 0 Å². The number of benzene rings is 2. The van der Waals surface area contributed by atoms with Gasteiger partial charge in [-0.3, -0.25) is 4.57 Å². The first-order valence-electron chi connectivity index (χ1n) is 9.56. The minimum atomic E-state index is -0.217. The molecule has 0 amide bonds. The number of nitrogens with zero attached hydrogens (tertiary/aromatic N) is 4. The molecule has 142 valence electrons. The first-order valence-corrected chi connectivity index (χ1v) is 10.8. The molecular formula is C22H21ClN4S. The highest BCUT2D eigenvalue weighted by atomic mass is 35.5. The average Bonchev–Trinajstić information content (AvgIpc) is 3.38. The summed E-state index contributed by atoms with van der Waals surface area (Å²) in [5.41, 5.74) is 2.05. The summed E-state index contributed by atoms with van der Waals surface area (Å²) in [6.07, 6.45) is 5.32. The fraction of sp³-hybridized carbons (Fsp3) is 0.318. The molecule has 0 unspecified atom stereocenters. The topological polar surface area (TPSA) is 54.5 Å². The summed E-state index contributed by atoms with van der Waals surface area (Å²) in [4.78, 5) is 0. The lowest BCUT2D eigenvalue weighted by Gasteiger charge is -2.18. The van der Waals surface area contributed by atoms with Crippen molar-refractivity contribution < 1.29 is 0 Å². The van der Waals surface area contributed by atoms with E-state index < -0.39 is 0 Å². The van der Waals surface area contributed by atoms with E-state index in [4.69, 9.17) is 11.6 Å². The van der Waals surface area contributed by atoms with Crippen LogP contribution < -0.4 is 0 Å². The molecule has 0 radical (unpaired) electrons. The van der Waals surface area contributed by atoms with Crippen LogP contribution in [0.3, 0.4) is 0 Å². The molecule has 1 fully saturated rings. The van der Waals surface area contributed by atoms with Crippen molar-refractivity contribution in [2.24, 2.45) is 0 Å². The Morgan fingerprint density at radius 1 is 1.07 bits per heavy atom. The maximum absolute atomic E-state index is 9.72. The number of rotatable bonds is 6. The van der Waals surface area contributed by atoms with Crippen molar-refractivity contribution in [1.29, 1.82) is 5.26 Å². The van der Waals surface area contributed by atoms with E-state index in [1.807, 2.05) is 42.5 Å². The lowest BCUT2D eigenvalue weighted by atomic mass is 10.1. The van der Waals surface area contributed by atoms with Gasteiger partial charge in [0.05, 0.1) is 11.1 Å². The quantitative estimate of drug-likeness (QED) is 0.473. The van der Waals surface area contributed by atoms with Gasteiger partial charge in [-0.05, 0) is 37.0 Å².